The first-order valence-corrected chi connectivity index (χ1v) is 7.70. The Morgan fingerprint density at radius 1 is 1.37 bits per heavy atom. The second kappa shape index (κ2) is 5.59. The second-order valence-corrected chi connectivity index (χ2v) is 6.17. The van der Waals surface area contributed by atoms with E-state index < -0.39 is 0 Å². The third-order valence-electron chi connectivity index (χ3n) is 4.44. The van der Waals surface area contributed by atoms with Crippen LogP contribution in [-0.2, 0) is 0 Å². The van der Waals surface area contributed by atoms with E-state index in [1.54, 1.807) is 0 Å². The molecule has 1 aromatic heterocycles. The van der Waals surface area contributed by atoms with Crippen LogP contribution in [-0.4, -0.2) is 28.5 Å². The normalized spacial score (nSPS) is 22.5. The monoisotopic (exact) mass is 259 g/mol. The van der Waals surface area contributed by atoms with Gasteiger partial charge in [0.05, 0.1) is 6.04 Å². The van der Waals surface area contributed by atoms with Crippen molar-refractivity contribution in [3.8, 4) is 0 Å². The van der Waals surface area contributed by atoms with E-state index in [4.69, 9.17) is 5.73 Å². The zero-order valence-corrected chi connectivity index (χ0v) is 11.8. The van der Waals surface area contributed by atoms with E-state index in [2.05, 4.69) is 22.9 Å². The Kier molecular flexibility index (Phi) is 3.85. The SMILES string of the molecule is CCC(N)C(c1cccnc1)N(CC1CC1)C1CC1. The van der Waals surface area contributed by atoms with Gasteiger partial charge in [0, 0.05) is 31.0 Å². The Hall–Kier alpha value is -0.930. The standard InChI is InChI=1S/C16H25N3/c1-2-15(17)16(13-4-3-9-18-10-13)19(14-7-8-14)11-12-5-6-12/h3-4,9-10,12,14-16H,2,5-8,11,17H2,1H3. The van der Waals surface area contributed by atoms with Gasteiger partial charge in [-0.1, -0.05) is 13.0 Å². The van der Waals surface area contributed by atoms with Crippen molar-refractivity contribution in [3.05, 3.63) is 30.1 Å². The van der Waals surface area contributed by atoms with Crippen LogP contribution in [0.5, 0.6) is 0 Å². The lowest BCUT2D eigenvalue weighted by Crippen LogP contribution is -2.43. The van der Waals surface area contributed by atoms with E-state index in [0.717, 1.165) is 18.4 Å². The number of hydrogen-bond acceptors (Lipinski definition) is 3. The van der Waals surface area contributed by atoms with E-state index in [9.17, 15) is 0 Å². The molecule has 2 aliphatic carbocycles. The van der Waals surface area contributed by atoms with E-state index in [1.165, 1.54) is 37.8 Å². The summed E-state index contributed by atoms with van der Waals surface area (Å²) < 4.78 is 0. The van der Waals surface area contributed by atoms with Crippen LogP contribution in [0.15, 0.2) is 24.5 Å². The van der Waals surface area contributed by atoms with Gasteiger partial charge in [-0.05, 0) is 49.7 Å². The maximum atomic E-state index is 6.44. The van der Waals surface area contributed by atoms with Crippen molar-refractivity contribution in [1.82, 2.24) is 9.88 Å². The first kappa shape index (κ1) is 13.1. The number of pyridine rings is 1. The Bertz CT molecular complexity index is 398. The molecule has 2 N–H and O–H groups in total. The molecule has 3 heteroatoms. The van der Waals surface area contributed by atoms with Crippen LogP contribution in [0, 0.1) is 5.92 Å². The summed E-state index contributed by atoms with van der Waals surface area (Å²) in [6.45, 7) is 3.42. The van der Waals surface area contributed by atoms with Gasteiger partial charge in [0.2, 0.25) is 0 Å². The molecule has 0 saturated heterocycles. The van der Waals surface area contributed by atoms with Crippen LogP contribution in [0.2, 0.25) is 0 Å². The molecule has 0 bridgehead atoms. The number of rotatable bonds is 7. The fourth-order valence-corrected chi connectivity index (χ4v) is 2.95. The van der Waals surface area contributed by atoms with Crippen LogP contribution in [0.25, 0.3) is 0 Å². The zero-order chi connectivity index (χ0) is 13.2. The molecule has 2 fully saturated rings. The quantitative estimate of drug-likeness (QED) is 0.818. The maximum absolute atomic E-state index is 6.44. The smallest absolute Gasteiger partial charge is 0.0517 e. The number of aromatic nitrogens is 1. The van der Waals surface area contributed by atoms with E-state index in [-0.39, 0.29) is 6.04 Å². The average molecular weight is 259 g/mol. The second-order valence-electron chi connectivity index (χ2n) is 6.17. The van der Waals surface area contributed by atoms with E-state index >= 15 is 0 Å². The molecule has 2 atom stereocenters. The average Bonchev–Trinajstić information content (AvgIpc) is 3.31. The predicted octanol–water partition coefficient (Wildman–Crippen LogP) is 2.73. The third-order valence-corrected chi connectivity index (χ3v) is 4.44. The van der Waals surface area contributed by atoms with Gasteiger partial charge in [0.15, 0.2) is 0 Å². The van der Waals surface area contributed by atoms with Crippen molar-refractivity contribution in [2.45, 2.75) is 57.2 Å². The summed E-state index contributed by atoms with van der Waals surface area (Å²) in [5.41, 5.74) is 7.74. The number of nitrogens with zero attached hydrogens (tertiary/aromatic N) is 2. The molecule has 0 spiro atoms. The molecular weight excluding hydrogens is 234 g/mol. The van der Waals surface area contributed by atoms with Crippen molar-refractivity contribution < 1.29 is 0 Å². The van der Waals surface area contributed by atoms with Crippen molar-refractivity contribution in [1.29, 1.82) is 0 Å². The molecule has 0 aromatic carbocycles. The van der Waals surface area contributed by atoms with Crippen LogP contribution < -0.4 is 5.73 Å². The first-order chi connectivity index (χ1) is 9.29. The van der Waals surface area contributed by atoms with Crippen LogP contribution in [0.1, 0.15) is 50.6 Å². The summed E-state index contributed by atoms with van der Waals surface area (Å²) >= 11 is 0. The molecule has 19 heavy (non-hydrogen) atoms. The summed E-state index contributed by atoms with van der Waals surface area (Å²) in [6, 6.07) is 5.56. The highest BCUT2D eigenvalue weighted by Gasteiger charge is 2.39. The predicted molar refractivity (Wildman–Crippen MR) is 77.7 cm³/mol. The summed E-state index contributed by atoms with van der Waals surface area (Å²) in [5.74, 6) is 0.920. The van der Waals surface area contributed by atoms with Gasteiger partial charge in [0.1, 0.15) is 0 Å². The summed E-state index contributed by atoms with van der Waals surface area (Å²) in [6.07, 6.45) is 10.4. The maximum Gasteiger partial charge on any atom is 0.0517 e. The molecule has 2 unspecified atom stereocenters. The van der Waals surface area contributed by atoms with Crippen molar-refractivity contribution >= 4 is 0 Å². The van der Waals surface area contributed by atoms with Gasteiger partial charge < -0.3 is 5.73 Å². The number of hydrogen-bond donors (Lipinski definition) is 1. The molecule has 1 aromatic rings. The van der Waals surface area contributed by atoms with Crippen LogP contribution in [0.3, 0.4) is 0 Å². The fourth-order valence-electron chi connectivity index (χ4n) is 2.95. The molecule has 2 saturated carbocycles. The molecule has 0 aliphatic heterocycles. The topological polar surface area (TPSA) is 42.1 Å². The Morgan fingerprint density at radius 2 is 2.16 bits per heavy atom. The minimum Gasteiger partial charge on any atom is -0.326 e. The summed E-state index contributed by atoms with van der Waals surface area (Å²) in [7, 11) is 0. The first-order valence-electron chi connectivity index (χ1n) is 7.70. The fraction of sp³-hybridized carbons (Fsp3) is 0.688. The van der Waals surface area contributed by atoms with Gasteiger partial charge in [-0.3, -0.25) is 9.88 Å². The molecule has 2 aliphatic rings. The highest BCUT2D eigenvalue weighted by atomic mass is 15.2. The highest BCUT2D eigenvalue weighted by molar-refractivity contribution is 5.17. The Balaban J connectivity index is 1.83. The summed E-state index contributed by atoms with van der Waals surface area (Å²) in [5, 5.41) is 0. The van der Waals surface area contributed by atoms with Gasteiger partial charge >= 0.3 is 0 Å². The minimum absolute atomic E-state index is 0.212. The van der Waals surface area contributed by atoms with Crippen molar-refractivity contribution in [3.63, 3.8) is 0 Å². The molecule has 0 radical (unpaired) electrons. The lowest BCUT2D eigenvalue weighted by atomic mass is 9.97. The molecule has 3 nitrogen and oxygen atoms in total. The van der Waals surface area contributed by atoms with Crippen molar-refractivity contribution in [2.24, 2.45) is 11.7 Å². The number of nitrogens with two attached hydrogens (primary N) is 1. The zero-order valence-electron chi connectivity index (χ0n) is 11.8. The molecular formula is C16H25N3. The van der Waals surface area contributed by atoms with Crippen LogP contribution in [0.4, 0.5) is 0 Å². The van der Waals surface area contributed by atoms with E-state index in [0.29, 0.717) is 6.04 Å². The molecule has 104 valence electrons. The van der Waals surface area contributed by atoms with Gasteiger partial charge in [-0.15, -0.1) is 0 Å². The lowest BCUT2D eigenvalue weighted by Gasteiger charge is -2.36. The van der Waals surface area contributed by atoms with Gasteiger partial charge in [-0.2, -0.15) is 0 Å². The third kappa shape index (κ3) is 3.15. The summed E-state index contributed by atoms with van der Waals surface area (Å²) in [4.78, 5) is 6.98. The highest BCUT2D eigenvalue weighted by Crippen LogP contribution is 2.40. The van der Waals surface area contributed by atoms with Gasteiger partial charge in [-0.25, -0.2) is 0 Å². The minimum atomic E-state index is 0.212. The van der Waals surface area contributed by atoms with Gasteiger partial charge in [0.25, 0.3) is 0 Å². The molecule has 1 heterocycles. The Labute approximate surface area is 116 Å². The van der Waals surface area contributed by atoms with E-state index in [1.807, 2.05) is 18.5 Å². The Morgan fingerprint density at radius 3 is 2.68 bits per heavy atom. The molecule has 0 amide bonds. The molecule has 3 rings (SSSR count). The lowest BCUT2D eigenvalue weighted by molar-refractivity contribution is 0.152. The largest absolute Gasteiger partial charge is 0.326 e. The van der Waals surface area contributed by atoms with Crippen LogP contribution >= 0.6 is 0 Å². The van der Waals surface area contributed by atoms with Crippen molar-refractivity contribution in [2.75, 3.05) is 6.54 Å².